The summed E-state index contributed by atoms with van der Waals surface area (Å²) < 4.78 is 4.79. The Labute approximate surface area is 123 Å². The zero-order valence-corrected chi connectivity index (χ0v) is 12.2. The Balaban J connectivity index is 2.61. The first-order valence-corrected chi connectivity index (χ1v) is 6.57. The minimum absolute atomic E-state index is 0.217. The van der Waals surface area contributed by atoms with Gasteiger partial charge in [0.2, 0.25) is 0 Å². The summed E-state index contributed by atoms with van der Waals surface area (Å²) in [6, 6.07) is 8.31. The molecule has 21 heavy (non-hydrogen) atoms. The maximum atomic E-state index is 12.2. The Morgan fingerprint density at radius 1 is 1.33 bits per heavy atom. The molecule has 0 aromatic heterocycles. The molecule has 5 nitrogen and oxygen atoms in total. The second-order valence-corrected chi connectivity index (χ2v) is 5.21. The third-order valence-corrected chi connectivity index (χ3v) is 2.91. The van der Waals surface area contributed by atoms with E-state index in [2.05, 4.69) is 6.58 Å². The van der Waals surface area contributed by atoms with Crippen molar-refractivity contribution in [1.29, 1.82) is 0 Å². The van der Waals surface area contributed by atoms with Gasteiger partial charge in [-0.2, -0.15) is 0 Å². The molecule has 0 saturated carbocycles. The fourth-order valence-corrected chi connectivity index (χ4v) is 1.81. The van der Waals surface area contributed by atoms with Gasteiger partial charge in [-0.05, 0) is 13.8 Å². The molecule has 1 rings (SSSR count). The van der Waals surface area contributed by atoms with Crippen LogP contribution in [0.15, 0.2) is 42.5 Å². The SMILES string of the molecule is C=C(C)C(=O)OCC(O)CC(C)(O)C(=O)c1ccccc1. The molecule has 1 aromatic rings. The van der Waals surface area contributed by atoms with Crippen molar-refractivity contribution >= 4 is 11.8 Å². The van der Waals surface area contributed by atoms with Crippen LogP contribution in [0.5, 0.6) is 0 Å². The molecule has 2 atom stereocenters. The van der Waals surface area contributed by atoms with Gasteiger partial charge >= 0.3 is 5.97 Å². The average Bonchev–Trinajstić information content (AvgIpc) is 2.44. The van der Waals surface area contributed by atoms with Crippen LogP contribution in [0, 0.1) is 0 Å². The number of ether oxygens (including phenoxy) is 1. The normalized spacial score (nSPS) is 14.9. The highest BCUT2D eigenvalue weighted by molar-refractivity contribution is 6.02. The van der Waals surface area contributed by atoms with Crippen LogP contribution in [-0.2, 0) is 9.53 Å². The first-order valence-electron chi connectivity index (χ1n) is 6.57. The maximum Gasteiger partial charge on any atom is 0.333 e. The Bertz CT molecular complexity index is 519. The van der Waals surface area contributed by atoms with Crippen LogP contribution >= 0.6 is 0 Å². The zero-order valence-electron chi connectivity index (χ0n) is 12.2. The first-order chi connectivity index (χ1) is 9.74. The van der Waals surface area contributed by atoms with E-state index >= 15 is 0 Å². The third kappa shape index (κ3) is 5.13. The Kier molecular flexibility index (Phi) is 5.81. The van der Waals surface area contributed by atoms with E-state index in [4.69, 9.17) is 4.74 Å². The lowest BCUT2D eigenvalue weighted by Gasteiger charge is -2.24. The van der Waals surface area contributed by atoms with Crippen molar-refractivity contribution < 1.29 is 24.5 Å². The van der Waals surface area contributed by atoms with E-state index in [-0.39, 0.29) is 18.6 Å². The predicted octanol–water partition coefficient (Wildman–Crippen LogP) is 1.49. The maximum absolute atomic E-state index is 12.2. The molecule has 0 fully saturated rings. The van der Waals surface area contributed by atoms with E-state index in [0.29, 0.717) is 5.56 Å². The number of rotatable bonds is 7. The van der Waals surface area contributed by atoms with Crippen LogP contribution in [-0.4, -0.2) is 40.3 Å². The fourth-order valence-electron chi connectivity index (χ4n) is 1.81. The standard InChI is InChI=1S/C16H20O5/c1-11(2)15(19)21-10-13(17)9-16(3,20)14(18)12-7-5-4-6-8-12/h4-8,13,17,20H,1,9-10H2,2-3H3. The molecule has 0 aliphatic carbocycles. The van der Waals surface area contributed by atoms with Crippen molar-refractivity contribution in [3.05, 3.63) is 48.0 Å². The number of aliphatic hydroxyl groups is 2. The molecule has 0 saturated heterocycles. The second-order valence-electron chi connectivity index (χ2n) is 5.21. The number of hydrogen-bond acceptors (Lipinski definition) is 5. The number of Topliss-reactive ketones (excluding diaryl/α,β-unsaturated/α-hetero) is 1. The van der Waals surface area contributed by atoms with E-state index in [9.17, 15) is 19.8 Å². The van der Waals surface area contributed by atoms with E-state index in [1.165, 1.54) is 13.8 Å². The summed E-state index contributed by atoms with van der Waals surface area (Å²) in [4.78, 5) is 23.4. The molecule has 2 N–H and O–H groups in total. The van der Waals surface area contributed by atoms with E-state index in [1.807, 2.05) is 0 Å². The van der Waals surface area contributed by atoms with Gasteiger partial charge in [0.05, 0.1) is 6.10 Å². The van der Waals surface area contributed by atoms with Crippen LogP contribution in [0.2, 0.25) is 0 Å². The van der Waals surface area contributed by atoms with Gasteiger partial charge in [0.25, 0.3) is 0 Å². The summed E-state index contributed by atoms with van der Waals surface area (Å²) in [5.41, 5.74) is -1.17. The predicted molar refractivity (Wildman–Crippen MR) is 77.8 cm³/mol. The van der Waals surface area contributed by atoms with Crippen LogP contribution in [0.3, 0.4) is 0 Å². The van der Waals surface area contributed by atoms with Crippen molar-refractivity contribution in [2.75, 3.05) is 6.61 Å². The molecule has 0 heterocycles. The van der Waals surface area contributed by atoms with Crippen molar-refractivity contribution in [3.8, 4) is 0 Å². The number of carbonyl (C=O) groups excluding carboxylic acids is 2. The summed E-state index contributed by atoms with van der Waals surface area (Å²) in [7, 11) is 0. The summed E-state index contributed by atoms with van der Waals surface area (Å²) in [6.07, 6.45) is -1.37. The Morgan fingerprint density at radius 3 is 2.43 bits per heavy atom. The Morgan fingerprint density at radius 2 is 1.90 bits per heavy atom. The Hall–Kier alpha value is -1.98. The summed E-state index contributed by atoms with van der Waals surface area (Å²) in [5, 5.41) is 20.0. The van der Waals surface area contributed by atoms with Crippen molar-refractivity contribution in [1.82, 2.24) is 0 Å². The molecule has 0 bridgehead atoms. The van der Waals surface area contributed by atoms with Crippen molar-refractivity contribution in [2.45, 2.75) is 32.0 Å². The molecule has 0 radical (unpaired) electrons. The molecule has 114 valence electrons. The molecule has 1 aromatic carbocycles. The van der Waals surface area contributed by atoms with Crippen molar-refractivity contribution in [2.24, 2.45) is 0 Å². The van der Waals surface area contributed by atoms with Crippen LogP contribution in [0.25, 0.3) is 0 Å². The number of esters is 1. The van der Waals surface area contributed by atoms with Crippen LogP contribution in [0.4, 0.5) is 0 Å². The summed E-state index contributed by atoms with van der Waals surface area (Å²) in [6.45, 7) is 5.93. The molecule has 0 aliphatic rings. The zero-order chi connectivity index (χ0) is 16.0. The molecular formula is C16H20O5. The minimum Gasteiger partial charge on any atom is -0.460 e. The van der Waals surface area contributed by atoms with Gasteiger partial charge in [-0.25, -0.2) is 4.79 Å². The number of ketones is 1. The topological polar surface area (TPSA) is 83.8 Å². The van der Waals surface area contributed by atoms with Crippen molar-refractivity contribution in [3.63, 3.8) is 0 Å². The number of benzene rings is 1. The van der Waals surface area contributed by atoms with Gasteiger partial charge in [-0.15, -0.1) is 0 Å². The molecule has 2 unspecified atom stereocenters. The monoisotopic (exact) mass is 292 g/mol. The van der Waals surface area contributed by atoms with Gasteiger partial charge in [-0.3, -0.25) is 4.79 Å². The highest BCUT2D eigenvalue weighted by atomic mass is 16.5. The highest BCUT2D eigenvalue weighted by Crippen LogP contribution is 2.19. The lowest BCUT2D eigenvalue weighted by Crippen LogP contribution is -2.40. The van der Waals surface area contributed by atoms with Gasteiger partial charge in [0, 0.05) is 17.6 Å². The quantitative estimate of drug-likeness (QED) is 0.452. The largest absolute Gasteiger partial charge is 0.460 e. The van der Waals surface area contributed by atoms with Gasteiger partial charge in [0.15, 0.2) is 5.78 Å². The molecular weight excluding hydrogens is 272 g/mol. The van der Waals surface area contributed by atoms with Gasteiger partial charge in [0.1, 0.15) is 12.2 Å². The van der Waals surface area contributed by atoms with E-state index < -0.39 is 23.5 Å². The third-order valence-electron chi connectivity index (χ3n) is 2.91. The molecule has 0 spiro atoms. The lowest BCUT2D eigenvalue weighted by atomic mass is 9.89. The van der Waals surface area contributed by atoms with Crippen LogP contribution < -0.4 is 0 Å². The number of aliphatic hydroxyl groups excluding tert-OH is 1. The second kappa shape index (κ2) is 7.15. The highest BCUT2D eigenvalue weighted by Gasteiger charge is 2.33. The summed E-state index contributed by atoms with van der Waals surface area (Å²) in [5.74, 6) is -1.11. The van der Waals surface area contributed by atoms with E-state index in [1.54, 1.807) is 30.3 Å². The average molecular weight is 292 g/mol. The van der Waals surface area contributed by atoms with E-state index in [0.717, 1.165) is 0 Å². The first kappa shape index (κ1) is 17.1. The summed E-state index contributed by atoms with van der Waals surface area (Å²) >= 11 is 0. The van der Waals surface area contributed by atoms with Gasteiger partial charge in [-0.1, -0.05) is 36.9 Å². The fraction of sp³-hybridized carbons (Fsp3) is 0.375. The van der Waals surface area contributed by atoms with Gasteiger partial charge < -0.3 is 14.9 Å². The minimum atomic E-state index is -1.74. The number of carbonyl (C=O) groups is 2. The smallest absolute Gasteiger partial charge is 0.333 e. The molecule has 0 aliphatic heterocycles. The lowest BCUT2D eigenvalue weighted by molar-refractivity contribution is -0.142. The number of hydrogen-bond donors (Lipinski definition) is 2. The molecule has 0 amide bonds. The van der Waals surface area contributed by atoms with Crippen LogP contribution in [0.1, 0.15) is 30.6 Å². The molecule has 5 heteroatoms.